The molecule has 1 atom stereocenters. The number of thiocarbonyl (C=S) groups is 2. The third kappa shape index (κ3) is 18.7. The largest absolute Gasteiger partial charge is 0.502 e. The van der Waals surface area contributed by atoms with Gasteiger partial charge in [0.05, 0.1) is 15.6 Å². The van der Waals surface area contributed by atoms with Crippen molar-refractivity contribution in [2.24, 2.45) is 0 Å². The molecule has 0 radical (unpaired) electrons. The second-order valence-electron chi connectivity index (χ2n) is 12.0. The molecule has 1 heterocycles. The number of hydrogen-bond acceptors (Lipinski definition) is 6. The summed E-state index contributed by atoms with van der Waals surface area (Å²) in [5, 5.41) is 19.3. The lowest BCUT2D eigenvalue weighted by atomic mass is 9.89. The van der Waals surface area contributed by atoms with Crippen LogP contribution in [-0.4, -0.2) is 74.4 Å². The zero-order valence-corrected chi connectivity index (χ0v) is 31.7. The van der Waals surface area contributed by atoms with E-state index >= 15 is 0 Å². The van der Waals surface area contributed by atoms with Crippen molar-refractivity contribution in [3.63, 3.8) is 0 Å². The van der Waals surface area contributed by atoms with Crippen LogP contribution < -0.4 is 0 Å². The van der Waals surface area contributed by atoms with Crippen LogP contribution in [0.5, 0.6) is 0 Å². The van der Waals surface area contributed by atoms with Gasteiger partial charge in [-0.2, -0.15) is 0 Å². The molecule has 254 valence electrons. The molecule has 0 spiro atoms. The second-order valence-corrected chi connectivity index (χ2v) is 13.9. The molecule has 1 aromatic heterocycles. The minimum absolute atomic E-state index is 0.0947. The van der Waals surface area contributed by atoms with E-state index in [1.165, 1.54) is 128 Å². The van der Waals surface area contributed by atoms with E-state index in [1.807, 2.05) is 24.3 Å². The fraction of sp³-hybridized carbons (Fsp3) is 0.750. The number of aliphatic hydroxyl groups is 2. The quantitative estimate of drug-likeness (QED) is 0.121. The van der Waals surface area contributed by atoms with Gasteiger partial charge in [-0.1, -0.05) is 92.2 Å². The first-order chi connectivity index (χ1) is 21.1. The Hall–Kier alpha value is -1.19. The Labute approximate surface area is 285 Å². The van der Waals surface area contributed by atoms with Crippen LogP contribution in [0.1, 0.15) is 137 Å². The molecule has 44 heavy (non-hydrogen) atoms. The van der Waals surface area contributed by atoms with Crippen LogP contribution in [0.3, 0.4) is 0 Å². The van der Waals surface area contributed by atoms with Crippen molar-refractivity contribution in [1.29, 1.82) is 0 Å². The first kappa shape index (κ1) is 42.8. The third-order valence-corrected chi connectivity index (χ3v) is 9.61. The van der Waals surface area contributed by atoms with Crippen molar-refractivity contribution in [3.8, 4) is 0 Å². The highest BCUT2D eigenvalue weighted by atomic mass is 32.1. The summed E-state index contributed by atoms with van der Waals surface area (Å²) in [7, 11) is 0. The zero-order valence-electron chi connectivity index (χ0n) is 29.2. The van der Waals surface area contributed by atoms with Gasteiger partial charge in [-0.15, -0.1) is 11.3 Å². The summed E-state index contributed by atoms with van der Waals surface area (Å²) < 4.78 is 1.01. The van der Waals surface area contributed by atoms with Gasteiger partial charge in [-0.3, -0.25) is 0 Å². The number of rotatable bonds is 22. The maximum absolute atomic E-state index is 9.73. The van der Waals surface area contributed by atoms with E-state index in [-0.39, 0.29) is 16.5 Å². The van der Waals surface area contributed by atoms with Crippen molar-refractivity contribution < 1.29 is 10.2 Å². The number of aromatic nitrogens is 1. The Morgan fingerprint density at radius 1 is 0.682 bits per heavy atom. The average Bonchev–Trinajstić information content (AvgIpc) is 3.46. The molecule has 5 nitrogen and oxygen atoms in total. The number of thiazole rings is 1. The molecule has 2 N–H and O–H groups in total. The highest BCUT2D eigenvalue weighted by molar-refractivity contribution is 7.80. The Kier molecular flexibility index (Phi) is 26.2. The van der Waals surface area contributed by atoms with Gasteiger partial charge in [0.15, 0.2) is 10.1 Å². The standard InChI is InChI=1S/C12H11NO2S3.2C12H27N/c1-12(11(15)17,6-9(14)16)10-13-7-4-2-3-5-8(7)18-10;2*1-4-7-10-13(11-8-5-2)12-9-6-3/h2-5H,6H2,1H3,(H,14,16)(H,15,17);2*4-12H2,1-3H3. The van der Waals surface area contributed by atoms with Crippen molar-refractivity contribution in [2.75, 3.05) is 39.3 Å². The van der Waals surface area contributed by atoms with Gasteiger partial charge in [-0.25, -0.2) is 4.98 Å². The van der Waals surface area contributed by atoms with Gasteiger partial charge in [0.2, 0.25) is 0 Å². The number of nitrogens with zero attached hydrogens (tertiary/aromatic N) is 3. The zero-order chi connectivity index (χ0) is 33.2. The Balaban J connectivity index is 0.000000647. The lowest BCUT2D eigenvalue weighted by Gasteiger charge is -2.23. The fourth-order valence-corrected chi connectivity index (χ4v) is 6.25. The fourth-order valence-electron chi connectivity index (χ4n) is 4.61. The predicted octanol–water partition coefficient (Wildman–Crippen LogP) is 11.1. The molecule has 0 fully saturated rings. The summed E-state index contributed by atoms with van der Waals surface area (Å²) in [5.74, 6) is 0. The van der Waals surface area contributed by atoms with Crippen LogP contribution in [0.4, 0.5) is 0 Å². The molecule has 1 unspecified atom stereocenters. The third-order valence-electron chi connectivity index (χ3n) is 7.71. The number of hydrogen-bond donors (Lipinski definition) is 2. The van der Waals surface area contributed by atoms with Crippen LogP contribution in [0.15, 0.2) is 24.3 Å². The summed E-state index contributed by atoms with van der Waals surface area (Å²) >= 11 is 11.0. The molecule has 8 heteroatoms. The molecule has 0 saturated heterocycles. The van der Waals surface area contributed by atoms with Gasteiger partial charge in [-0.05, 0) is 121 Å². The van der Waals surface area contributed by atoms with E-state index in [0.29, 0.717) is 5.01 Å². The highest BCUT2D eigenvalue weighted by Crippen LogP contribution is 2.35. The minimum atomic E-state index is -0.912. The molecule has 0 aliphatic rings. The first-order valence-electron chi connectivity index (χ1n) is 17.4. The van der Waals surface area contributed by atoms with E-state index in [2.05, 4.69) is 56.3 Å². The number of unbranched alkanes of at least 4 members (excludes halogenated alkanes) is 6. The van der Waals surface area contributed by atoms with Gasteiger partial charge in [0.1, 0.15) is 5.01 Å². The Morgan fingerprint density at radius 3 is 1.34 bits per heavy atom. The van der Waals surface area contributed by atoms with Crippen molar-refractivity contribution >= 4 is 56.1 Å². The second kappa shape index (κ2) is 27.0. The van der Waals surface area contributed by atoms with E-state index in [9.17, 15) is 10.2 Å². The first-order valence-corrected chi connectivity index (χ1v) is 19.0. The minimum Gasteiger partial charge on any atom is -0.502 e. The van der Waals surface area contributed by atoms with E-state index < -0.39 is 5.41 Å². The molecule has 0 aliphatic carbocycles. The molecule has 0 aliphatic heterocycles. The van der Waals surface area contributed by atoms with Crippen molar-refractivity contribution in [3.05, 3.63) is 29.3 Å². The topological polar surface area (TPSA) is 59.8 Å². The van der Waals surface area contributed by atoms with E-state index in [0.717, 1.165) is 10.2 Å². The van der Waals surface area contributed by atoms with Crippen LogP contribution >= 0.6 is 35.8 Å². The van der Waals surface area contributed by atoms with Gasteiger partial charge in [0.25, 0.3) is 0 Å². The van der Waals surface area contributed by atoms with Crippen LogP contribution in [-0.2, 0) is 5.41 Å². The molecule has 0 bridgehead atoms. The number of fused-ring (bicyclic) bond motifs is 1. The van der Waals surface area contributed by atoms with Gasteiger partial charge in [0, 0.05) is 6.42 Å². The molecule has 2 rings (SSSR count). The lowest BCUT2D eigenvalue weighted by molar-refractivity contribution is 0.261. The molecule has 0 amide bonds. The van der Waals surface area contributed by atoms with Crippen LogP contribution in [0.25, 0.3) is 10.2 Å². The van der Waals surface area contributed by atoms with Crippen LogP contribution in [0.2, 0.25) is 0 Å². The maximum atomic E-state index is 9.73. The van der Waals surface area contributed by atoms with Crippen molar-refractivity contribution in [2.45, 2.75) is 137 Å². The Morgan fingerprint density at radius 2 is 1.05 bits per heavy atom. The molecular weight excluding hydrogens is 603 g/mol. The monoisotopic (exact) mass is 667 g/mol. The smallest absolute Gasteiger partial charge is 0.170 e. The molecule has 0 saturated carbocycles. The molecule has 2 aromatic rings. The van der Waals surface area contributed by atoms with Crippen LogP contribution in [0, 0.1) is 0 Å². The van der Waals surface area contributed by atoms with Gasteiger partial charge >= 0.3 is 0 Å². The summed E-state index contributed by atoms with van der Waals surface area (Å²) in [6.07, 6.45) is 16.3. The molecular formula is C36H65N3O2S3. The van der Waals surface area contributed by atoms with Gasteiger partial charge < -0.3 is 20.0 Å². The normalized spacial score (nSPS) is 12.4. The summed E-state index contributed by atoms with van der Waals surface area (Å²) in [6, 6.07) is 7.68. The van der Waals surface area contributed by atoms with Crippen molar-refractivity contribution in [1.82, 2.24) is 14.8 Å². The number of aliphatic hydroxyl groups excluding tert-OH is 2. The van der Waals surface area contributed by atoms with E-state index in [4.69, 9.17) is 24.4 Å². The number of benzene rings is 1. The lowest BCUT2D eigenvalue weighted by Crippen LogP contribution is -2.33. The van der Waals surface area contributed by atoms with E-state index in [1.54, 1.807) is 6.92 Å². The molecule has 1 aromatic carbocycles. The number of para-hydroxylation sites is 1. The average molecular weight is 668 g/mol. The maximum Gasteiger partial charge on any atom is 0.170 e. The summed E-state index contributed by atoms with van der Waals surface area (Å²) in [6.45, 7) is 23.3. The Bertz CT molecular complexity index is 905. The predicted molar refractivity (Wildman–Crippen MR) is 204 cm³/mol. The summed E-state index contributed by atoms with van der Waals surface area (Å²) in [5.41, 5.74) is -0.0611. The summed E-state index contributed by atoms with van der Waals surface area (Å²) in [4.78, 5) is 9.73. The highest BCUT2D eigenvalue weighted by Gasteiger charge is 2.36. The SMILES string of the molecule is CC(CC(O)=S)(C(O)=S)c1nc2ccccc2s1.CCCCN(CCCC)CCCC.CCCCN(CCCC)CCCC.